The van der Waals surface area contributed by atoms with E-state index in [4.69, 9.17) is 5.73 Å². The number of amides is 1. The first-order chi connectivity index (χ1) is 13.4. The Hall–Kier alpha value is -2.41. The number of nitrogens with two attached hydrogens (primary N) is 1. The number of carbonyl (C=O) groups excluding carboxylic acids is 1. The summed E-state index contributed by atoms with van der Waals surface area (Å²) in [5, 5.41) is 3.38. The van der Waals surface area contributed by atoms with Crippen molar-refractivity contribution in [2.45, 2.75) is 64.6 Å². The normalized spacial score (nSPS) is 22.1. The van der Waals surface area contributed by atoms with E-state index in [9.17, 15) is 14.4 Å². The van der Waals surface area contributed by atoms with E-state index in [1.807, 2.05) is 13.8 Å². The predicted molar refractivity (Wildman–Crippen MR) is 110 cm³/mol. The first-order valence-electron chi connectivity index (χ1n) is 10.2. The van der Waals surface area contributed by atoms with Crippen molar-refractivity contribution in [1.82, 2.24) is 9.13 Å². The molecule has 2 aliphatic carbocycles. The summed E-state index contributed by atoms with van der Waals surface area (Å²) in [5.41, 5.74) is 6.68. The molecule has 1 amide bonds. The number of hydrogen-bond donors (Lipinski definition) is 2. The van der Waals surface area contributed by atoms with Gasteiger partial charge in [-0.05, 0) is 63.6 Å². The third-order valence-corrected chi connectivity index (χ3v) is 6.00. The van der Waals surface area contributed by atoms with Crippen LogP contribution in [0.2, 0.25) is 0 Å². The Balaban J connectivity index is 1.76. The van der Waals surface area contributed by atoms with Gasteiger partial charge in [-0.3, -0.25) is 18.7 Å². The van der Waals surface area contributed by atoms with Crippen molar-refractivity contribution in [1.29, 1.82) is 0 Å². The zero-order valence-corrected chi connectivity index (χ0v) is 16.5. The second-order valence-corrected chi connectivity index (χ2v) is 8.53. The van der Waals surface area contributed by atoms with Crippen LogP contribution in [0.3, 0.4) is 0 Å². The maximum atomic E-state index is 13.1. The molecule has 2 atom stereocenters. The highest BCUT2D eigenvalue weighted by atomic mass is 16.2. The van der Waals surface area contributed by atoms with Crippen LogP contribution in [0.5, 0.6) is 0 Å². The highest BCUT2D eigenvalue weighted by molar-refractivity contribution is 5.95. The summed E-state index contributed by atoms with van der Waals surface area (Å²) in [6.07, 6.45) is 4.74. The summed E-state index contributed by atoms with van der Waals surface area (Å²) in [7, 11) is 0. The first kappa shape index (κ1) is 18.9. The number of anilines is 1. The highest BCUT2D eigenvalue weighted by Gasteiger charge is 2.30. The van der Waals surface area contributed by atoms with Crippen LogP contribution in [0, 0.1) is 11.8 Å². The highest BCUT2D eigenvalue weighted by Crippen LogP contribution is 2.30. The van der Waals surface area contributed by atoms with Crippen LogP contribution in [0.1, 0.15) is 52.0 Å². The molecule has 7 nitrogen and oxygen atoms in total. The van der Waals surface area contributed by atoms with Gasteiger partial charge in [0.1, 0.15) is 0 Å². The molecule has 0 saturated heterocycles. The molecule has 2 saturated carbocycles. The van der Waals surface area contributed by atoms with Crippen molar-refractivity contribution in [2.24, 2.45) is 17.6 Å². The van der Waals surface area contributed by atoms with Crippen LogP contribution < -0.4 is 22.3 Å². The molecule has 0 aliphatic heterocycles. The van der Waals surface area contributed by atoms with Crippen LogP contribution in [0.4, 0.5) is 5.69 Å². The first-order valence-corrected chi connectivity index (χ1v) is 10.2. The van der Waals surface area contributed by atoms with Gasteiger partial charge >= 0.3 is 5.69 Å². The Kier molecular flexibility index (Phi) is 4.87. The number of benzene rings is 1. The van der Waals surface area contributed by atoms with Gasteiger partial charge in [-0.25, -0.2) is 4.79 Å². The number of rotatable bonds is 5. The molecule has 150 valence electrons. The Morgan fingerprint density at radius 1 is 1.21 bits per heavy atom. The third kappa shape index (κ3) is 3.39. The molecule has 0 radical (unpaired) electrons. The molecule has 1 heterocycles. The van der Waals surface area contributed by atoms with Gasteiger partial charge in [0.15, 0.2) is 0 Å². The lowest BCUT2D eigenvalue weighted by Gasteiger charge is -2.18. The maximum absolute atomic E-state index is 13.1. The van der Waals surface area contributed by atoms with Gasteiger partial charge in [-0.1, -0.05) is 6.42 Å². The second-order valence-electron chi connectivity index (χ2n) is 8.53. The molecule has 0 spiro atoms. The third-order valence-electron chi connectivity index (χ3n) is 6.00. The van der Waals surface area contributed by atoms with Crippen LogP contribution in [0.25, 0.3) is 10.9 Å². The van der Waals surface area contributed by atoms with Gasteiger partial charge in [0.25, 0.3) is 5.56 Å². The summed E-state index contributed by atoms with van der Waals surface area (Å²) in [4.78, 5) is 38.5. The Labute approximate surface area is 163 Å². The van der Waals surface area contributed by atoms with Gasteiger partial charge in [0.2, 0.25) is 5.91 Å². The summed E-state index contributed by atoms with van der Waals surface area (Å²) >= 11 is 0. The Morgan fingerprint density at radius 3 is 2.57 bits per heavy atom. The molecule has 2 fully saturated rings. The van der Waals surface area contributed by atoms with E-state index in [-0.39, 0.29) is 35.2 Å². The van der Waals surface area contributed by atoms with E-state index in [1.54, 1.807) is 22.8 Å². The van der Waals surface area contributed by atoms with Gasteiger partial charge in [-0.15, -0.1) is 0 Å². The minimum atomic E-state index is -0.280. The molecule has 2 aromatic rings. The smallest absolute Gasteiger partial charge is 0.327 e. The number of carbonyl (C=O) groups is 1. The van der Waals surface area contributed by atoms with Crippen molar-refractivity contribution >= 4 is 22.5 Å². The standard InChI is InChI=1S/C21H28N4O3/c1-12(2)25-18-9-8-14(23-19(26)15-4-3-5-17(15)22)10-16(18)20(27)24(21(25)28)11-13-6-7-13/h8-10,12-13,15,17H,3-7,11,22H2,1-2H3,(H,23,26)/t15-,17+/m1/s1. The zero-order chi connectivity index (χ0) is 20.0. The van der Waals surface area contributed by atoms with Gasteiger partial charge in [-0.2, -0.15) is 0 Å². The van der Waals surface area contributed by atoms with Crippen molar-refractivity contribution in [3.8, 4) is 0 Å². The van der Waals surface area contributed by atoms with Crippen molar-refractivity contribution in [3.63, 3.8) is 0 Å². The molecular formula is C21H28N4O3. The van der Waals surface area contributed by atoms with E-state index < -0.39 is 0 Å². The number of hydrogen-bond acceptors (Lipinski definition) is 4. The van der Waals surface area contributed by atoms with E-state index in [2.05, 4.69) is 5.32 Å². The van der Waals surface area contributed by atoms with Gasteiger partial charge in [0.05, 0.1) is 16.8 Å². The van der Waals surface area contributed by atoms with Crippen molar-refractivity contribution < 1.29 is 4.79 Å². The van der Waals surface area contributed by atoms with Crippen LogP contribution in [0.15, 0.2) is 27.8 Å². The van der Waals surface area contributed by atoms with Crippen LogP contribution >= 0.6 is 0 Å². The van der Waals surface area contributed by atoms with Crippen molar-refractivity contribution in [2.75, 3.05) is 5.32 Å². The predicted octanol–water partition coefficient (Wildman–Crippen LogP) is 2.22. The van der Waals surface area contributed by atoms with E-state index in [0.717, 1.165) is 32.1 Å². The Bertz CT molecular complexity index is 1030. The van der Waals surface area contributed by atoms with E-state index in [0.29, 0.717) is 29.1 Å². The SMILES string of the molecule is CC(C)n1c(=O)n(CC2CC2)c(=O)c2cc(NC(=O)[C@@H]3CCC[C@@H]3N)ccc21. The molecule has 2 aliphatic rings. The fourth-order valence-corrected chi connectivity index (χ4v) is 4.23. The average Bonchev–Trinajstić information content (AvgIpc) is 3.37. The number of nitrogens with zero attached hydrogens (tertiary/aromatic N) is 2. The van der Waals surface area contributed by atoms with Gasteiger partial charge in [0, 0.05) is 24.3 Å². The van der Waals surface area contributed by atoms with Gasteiger partial charge < -0.3 is 11.1 Å². The largest absolute Gasteiger partial charge is 0.331 e. The number of nitrogens with one attached hydrogen (secondary N) is 1. The second kappa shape index (κ2) is 7.20. The lowest BCUT2D eigenvalue weighted by molar-refractivity contribution is -0.120. The summed E-state index contributed by atoms with van der Waals surface area (Å²) in [5.74, 6) is 0.127. The Morgan fingerprint density at radius 2 is 1.96 bits per heavy atom. The summed E-state index contributed by atoms with van der Waals surface area (Å²) in [6, 6.07) is 5.02. The monoisotopic (exact) mass is 384 g/mol. The van der Waals surface area contributed by atoms with Crippen molar-refractivity contribution in [3.05, 3.63) is 39.0 Å². The van der Waals surface area contributed by atoms with E-state index in [1.165, 1.54) is 4.57 Å². The molecule has 1 aromatic carbocycles. The molecule has 1 aromatic heterocycles. The number of fused-ring (bicyclic) bond motifs is 1. The molecule has 0 bridgehead atoms. The minimum absolute atomic E-state index is 0.0713. The molecule has 4 rings (SSSR count). The molecule has 0 unspecified atom stereocenters. The minimum Gasteiger partial charge on any atom is -0.327 e. The average molecular weight is 384 g/mol. The number of aromatic nitrogens is 2. The summed E-state index contributed by atoms with van der Waals surface area (Å²) in [6.45, 7) is 4.34. The fraction of sp³-hybridized carbons (Fsp3) is 0.571. The topological polar surface area (TPSA) is 99.1 Å². The molecule has 7 heteroatoms. The molecule has 28 heavy (non-hydrogen) atoms. The lowest BCUT2D eigenvalue weighted by atomic mass is 10.0. The van der Waals surface area contributed by atoms with Crippen LogP contribution in [-0.4, -0.2) is 21.1 Å². The fourth-order valence-electron chi connectivity index (χ4n) is 4.23. The quantitative estimate of drug-likeness (QED) is 0.826. The zero-order valence-electron chi connectivity index (χ0n) is 16.5. The summed E-state index contributed by atoms with van der Waals surface area (Å²) < 4.78 is 3.02. The van der Waals surface area contributed by atoms with Crippen LogP contribution in [-0.2, 0) is 11.3 Å². The maximum Gasteiger partial charge on any atom is 0.331 e. The van der Waals surface area contributed by atoms with E-state index >= 15 is 0 Å². The molecular weight excluding hydrogens is 356 g/mol. The lowest BCUT2D eigenvalue weighted by Crippen LogP contribution is -2.41. The molecule has 3 N–H and O–H groups in total.